The number of carbonyl (C=O) groups is 2. The van der Waals surface area contributed by atoms with Gasteiger partial charge >= 0.3 is 0 Å². The molecule has 3 atom stereocenters. The van der Waals surface area contributed by atoms with Crippen molar-refractivity contribution in [3.63, 3.8) is 0 Å². The summed E-state index contributed by atoms with van der Waals surface area (Å²) in [5.74, 6) is 0.774. The third kappa shape index (κ3) is 1.60. The van der Waals surface area contributed by atoms with Gasteiger partial charge < -0.3 is 10.1 Å². The molecule has 0 radical (unpaired) electrons. The molecule has 1 aliphatic carbocycles. The molecule has 2 rings (SSSR count). The lowest BCUT2D eigenvalue weighted by Crippen LogP contribution is -2.50. The first kappa shape index (κ1) is 8.73. The van der Waals surface area contributed by atoms with Crippen LogP contribution in [0.3, 0.4) is 0 Å². The highest BCUT2D eigenvalue weighted by Gasteiger charge is 2.37. The van der Waals surface area contributed by atoms with E-state index in [2.05, 4.69) is 5.32 Å². The predicted molar refractivity (Wildman–Crippen MR) is 48.1 cm³/mol. The van der Waals surface area contributed by atoms with E-state index in [0.717, 1.165) is 25.5 Å². The maximum atomic E-state index is 11.5. The molecule has 0 aromatic heterocycles. The summed E-state index contributed by atoms with van der Waals surface area (Å²) < 4.78 is 0. The van der Waals surface area contributed by atoms with Crippen molar-refractivity contribution >= 4 is 12.2 Å². The number of nitrogens with one attached hydrogen (secondary N) is 1. The molecule has 1 amide bonds. The molecule has 1 N–H and O–H groups in total. The summed E-state index contributed by atoms with van der Waals surface area (Å²) in [7, 11) is 0. The Labute approximate surface area is 77.9 Å². The van der Waals surface area contributed by atoms with Crippen molar-refractivity contribution in [2.75, 3.05) is 0 Å². The number of hydrogen-bond acceptors (Lipinski definition) is 2. The second kappa shape index (κ2) is 3.48. The van der Waals surface area contributed by atoms with Crippen LogP contribution in [0, 0.1) is 11.8 Å². The van der Waals surface area contributed by atoms with Crippen LogP contribution in [0.1, 0.15) is 32.1 Å². The van der Waals surface area contributed by atoms with Crippen molar-refractivity contribution in [3.05, 3.63) is 0 Å². The van der Waals surface area contributed by atoms with Gasteiger partial charge in [0.25, 0.3) is 0 Å². The van der Waals surface area contributed by atoms with E-state index in [1.54, 1.807) is 0 Å². The van der Waals surface area contributed by atoms with E-state index in [9.17, 15) is 9.59 Å². The SMILES string of the molecule is O=CC1CC2CCCCC2C(=O)N1. The van der Waals surface area contributed by atoms with Crippen molar-refractivity contribution in [3.8, 4) is 0 Å². The summed E-state index contributed by atoms with van der Waals surface area (Å²) in [5.41, 5.74) is 0. The fourth-order valence-corrected chi connectivity index (χ4v) is 2.60. The molecule has 1 saturated carbocycles. The highest BCUT2D eigenvalue weighted by molar-refractivity contribution is 5.83. The van der Waals surface area contributed by atoms with Crippen molar-refractivity contribution in [2.45, 2.75) is 38.1 Å². The molecule has 3 unspecified atom stereocenters. The van der Waals surface area contributed by atoms with Crippen molar-refractivity contribution in [1.29, 1.82) is 0 Å². The summed E-state index contributed by atoms with van der Waals surface area (Å²) >= 11 is 0. The maximum Gasteiger partial charge on any atom is 0.223 e. The minimum absolute atomic E-state index is 0.105. The summed E-state index contributed by atoms with van der Waals surface area (Å²) in [6, 6.07) is -0.216. The van der Waals surface area contributed by atoms with Crippen molar-refractivity contribution < 1.29 is 9.59 Å². The zero-order valence-electron chi connectivity index (χ0n) is 7.66. The molecule has 13 heavy (non-hydrogen) atoms. The average molecular weight is 181 g/mol. The van der Waals surface area contributed by atoms with Crippen LogP contribution in [0.5, 0.6) is 0 Å². The molecule has 1 saturated heterocycles. The van der Waals surface area contributed by atoms with Crippen LogP contribution in [-0.2, 0) is 9.59 Å². The highest BCUT2D eigenvalue weighted by Crippen LogP contribution is 2.35. The first-order valence-electron chi connectivity index (χ1n) is 5.07. The Balaban J connectivity index is 2.07. The topological polar surface area (TPSA) is 46.2 Å². The minimum atomic E-state index is -0.216. The number of fused-ring (bicyclic) bond motifs is 1. The Bertz CT molecular complexity index is 227. The maximum absolute atomic E-state index is 11.5. The Morgan fingerprint density at radius 1 is 1.31 bits per heavy atom. The van der Waals surface area contributed by atoms with E-state index in [0.29, 0.717) is 5.92 Å². The molecule has 0 aromatic carbocycles. The normalized spacial score (nSPS) is 39.1. The van der Waals surface area contributed by atoms with Crippen LogP contribution in [0.25, 0.3) is 0 Å². The molecule has 1 heterocycles. The second-order valence-corrected chi connectivity index (χ2v) is 4.14. The molecule has 0 bridgehead atoms. The van der Waals surface area contributed by atoms with Crippen LogP contribution < -0.4 is 5.32 Å². The Morgan fingerprint density at radius 3 is 2.85 bits per heavy atom. The zero-order valence-corrected chi connectivity index (χ0v) is 7.66. The largest absolute Gasteiger partial charge is 0.346 e. The van der Waals surface area contributed by atoms with E-state index in [1.807, 2.05) is 0 Å². The fraction of sp³-hybridized carbons (Fsp3) is 0.800. The molecule has 3 nitrogen and oxygen atoms in total. The number of rotatable bonds is 1. The molecule has 72 valence electrons. The number of amides is 1. The van der Waals surface area contributed by atoms with Gasteiger partial charge in [-0.15, -0.1) is 0 Å². The van der Waals surface area contributed by atoms with E-state index in [1.165, 1.54) is 12.8 Å². The van der Waals surface area contributed by atoms with Crippen LogP contribution in [-0.4, -0.2) is 18.2 Å². The first-order chi connectivity index (χ1) is 6.31. The molecular formula is C10H15NO2. The van der Waals surface area contributed by atoms with Gasteiger partial charge in [0.15, 0.2) is 0 Å². The predicted octanol–water partition coefficient (Wildman–Crippen LogP) is 0.880. The fourth-order valence-electron chi connectivity index (χ4n) is 2.60. The Kier molecular flexibility index (Phi) is 2.34. The quantitative estimate of drug-likeness (QED) is 0.610. The summed E-state index contributed by atoms with van der Waals surface area (Å²) in [4.78, 5) is 22.1. The first-order valence-corrected chi connectivity index (χ1v) is 5.07. The van der Waals surface area contributed by atoms with Gasteiger partial charge in [0, 0.05) is 5.92 Å². The molecular weight excluding hydrogens is 166 g/mol. The van der Waals surface area contributed by atoms with E-state index < -0.39 is 0 Å². The minimum Gasteiger partial charge on any atom is -0.346 e. The third-order valence-electron chi connectivity index (χ3n) is 3.29. The summed E-state index contributed by atoms with van der Waals surface area (Å²) in [5, 5.41) is 2.76. The van der Waals surface area contributed by atoms with Crippen LogP contribution in [0.2, 0.25) is 0 Å². The van der Waals surface area contributed by atoms with Crippen LogP contribution in [0.15, 0.2) is 0 Å². The van der Waals surface area contributed by atoms with Crippen molar-refractivity contribution in [2.24, 2.45) is 11.8 Å². The standard InChI is InChI=1S/C10H15NO2/c12-6-8-5-7-3-1-2-4-9(7)10(13)11-8/h6-9H,1-5H2,(H,11,13). The van der Waals surface area contributed by atoms with E-state index in [-0.39, 0.29) is 17.9 Å². The van der Waals surface area contributed by atoms with Gasteiger partial charge in [-0.3, -0.25) is 4.79 Å². The van der Waals surface area contributed by atoms with Gasteiger partial charge in [0.2, 0.25) is 5.91 Å². The third-order valence-corrected chi connectivity index (χ3v) is 3.29. The molecule has 3 heteroatoms. The number of carbonyl (C=O) groups excluding carboxylic acids is 2. The Hall–Kier alpha value is -0.860. The van der Waals surface area contributed by atoms with E-state index >= 15 is 0 Å². The van der Waals surface area contributed by atoms with Gasteiger partial charge in [0.1, 0.15) is 6.29 Å². The lowest BCUT2D eigenvalue weighted by atomic mass is 9.73. The lowest BCUT2D eigenvalue weighted by molar-refractivity contribution is -0.133. The van der Waals surface area contributed by atoms with Gasteiger partial charge in [0.05, 0.1) is 6.04 Å². The van der Waals surface area contributed by atoms with Crippen molar-refractivity contribution in [1.82, 2.24) is 5.32 Å². The Morgan fingerprint density at radius 2 is 2.08 bits per heavy atom. The molecule has 1 aliphatic heterocycles. The monoisotopic (exact) mass is 181 g/mol. The highest BCUT2D eigenvalue weighted by atomic mass is 16.2. The molecule has 0 spiro atoms. The average Bonchev–Trinajstić information content (AvgIpc) is 2.18. The van der Waals surface area contributed by atoms with Gasteiger partial charge in [-0.05, 0) is 25.2 Å². The van der Waals surface area contributed by atoms with Gasteiger partial charge in [-0.25, -0.2) is 0 Å². The van der Waals surface area contributed by atoms with Gasteiger partial charge in [-0.1, -0.05) is 12.8 Å². The van der Waals surface area contributed by atoms with Gasteiger partial charge in [-0.2, -0.15) is 0 Å². The molecule has 2 fully saturated rings. The van der Waals surface area contributed by atoms with Crippen LogP contribution in [0.4, 0.5) is 0 Å². The smallest absolute Gasteiger partial charge is 0.223 e. The lowest BCUT2D eigenvalue weighted by Gasteiger charge is -2.37. The molecule has 2 aliphatic rings. The summed E-state index contributed by atoms with van der Waals surface area (Å²) in [6.07, 6.45) is 6.26. The zero-order chi connectivity index (χ0) is 9.26. The summed E-state index contributed by atoms with van der Waals surface area (Å²) in [6.45, 7) is 0. The van der Waals surface area contributed by atoms with E-state index in [4.69, 9.17) is 0 Å². The number of piperidine rings is 1. The number of hydrogen-bond donors (Lipinski definition) is 1. The molecule has 0 aromatic rings. The number of aldehydes is 1. The second-order valence-electron chi connectivity index (χ2n) is 4.14. The van der Waals surface area contributed by atoms with Crippen LogP contribution >= 0.6 is 0 Å².